The Balaban J connectivity index is 1.80. The molecule has 0 aliphatic carbocycles. The number of thioether (sulfide) groups is 2. The van der Waals surface area contributed by atoms with Crippen molar-refractivity contribution in [3.8, 4) is 0 Å². The Kier molecular flexibility index (Phi) is 6.55. The van der Waals surface area contributed by atoms with Gasteiger partial charge in [-0.25, -0.2) is 9.97 Å². The smallest absolute Gasteiger partial charge is 0.253 e. The first-order valence-electron chi connectivity index (χ1n) is 9.11. The van der Waals surface area contributed by atoms with Gasteiger partial charge in [-0.3, -0.25) is 20.2 Å². The summed E-state index contributed by atoms with van der Waals surface area (Å²) in [5, 5.41) is 22.6. The number of rotatable bonds is 7. The molecular weight excluding hydrogens is 489 g/mol. The van der Waals surface area contributed by atoms with E-state index in [2.05, 4.69) is 9.97 Å². The monoisotopic (exact) mass is 502 g/mol. The topological polar surface area (TPSA) is 112 Å². The molecule has 0 radical (unpaired) electrons. The van der Waals surface area contributed by atoms with E-state index >= 15 is 0 Å². The van der Waals surface area contributed by atoms with Gasteiger partial charge in [-0.1, -0.05) is 47.8 Å². The SMILES string of the molecule is CC(=C(Sc1nc2ccccc2s1)Sc1nc2ccccc2s1)C(C)=C([N+](=O)[O-])[N+](=O)[O-]. The van der Waals surface area contributed by atoms with Crippen LogP contribution in [0, 0.1) is 20.2 Å². The van der Waals surface area contributed by atoms with E-state index in [0.717, 1.165) is 29.1 Å². The molecule has 0 spiro atoms. The van der Waals surface area contributed by atoms with Gasteiger partial charge >= 0.3 is 5.82 Å². The molecule has 2 heterocycles. The minimum atomic E-state index is -1.03. The van der Waals surface area contributed by atoms with Crippen molar-refractivity contribution in [2.75, 3.05) is 0 Å². The van der Waals surface area contributed by atoms with Crippen LogP contribution >= 0.6 is 46.2 Å². The third-order valence-electron chi connectivity index (χ3n) is 4.46. The number of aromatic nitrogens is 2. The zero-order chi connectivity index (χ0) is 22.8. The number of hydrogen-bond donors (Lipinski definition) is 0. The maximum Gasteiger partial charge on any atom is 0.561 e. The Bertz CT molecular complexity index is 1260. The van der Waals surface area contributed by atoms with E-state index in [4.69, 9.17) is 0 Å². The van der Waals surface area contributed by atoms with E-state index in [-0.39, 0.29) is 5.57 Å². The minimum absolute atomic E-state index is 0.00257. The zero-order valence-corrected chi connectivity index (χ0v) is 19.9. The van der Waals surface area contributed by atoms with E-state index in [0.29, 0.717) is 9.81 Å². The summed E-state index contributed by atoms with van der Waals surface area (Å²) in [5.41, 5.74) is 2.15. The molecule has 0 aliphatic heterocycles. The van der Waals surface area contributed by atoms with Crippen molar-refractivity contribution in [1.82, 2.24) is 9.97 Å². The summed E-state index contributed by atoms with van der Waals surface area (Å²) in [6.07, 6.45) is 0. The zero-order valence-electron chi connectivity index (χ0n) is 16.7. The third-order valence-corrected chi connectivity index (χ3v) is 9.14. The Morgan fingerprint density at radius 2 is 1.22 bits per heavy atom. The van der Waals surface area contributed by atoms with Gasteiger partial charge in [0.25, 0.3) is 0 Å². The molecular formula is C20H14N4O4S4. The van der Waals surface area contributed by atoms with Crippen LogP contribution in [-0.4, -0.2) is 19.8 Å². The van der Waals surface area contributed by atoms with Crippen molar-refractivity contribution in [3.63, 3.8) is 0 Å². The third kappa shape index (κ3) is 4.67. The average Bonchev–Trinajstić information content (AvgIpc) is 3.34. The second-order valence-electron chi connectivity index (χ2n) is 6.47. The highest BCUT2D eigenvalue weighted by Gasteiger charge is 2.31. The van der Waals surface area contributed by atoms with Crippen LogP contribution < -0.4 is 0 Å². The quantitative estimate of drug-likeness (QED) is 0.117. The molecule has 0 aliphatic rings. The van der Waals surface area contributed by atoms with Crippen molar-refractivity contribution in [3.05, 3.63) is 90.0 Å². The van der Waals surface area contributed by atoms with Crippen molar-refractivity contribution < 1.29 is 9.85 Å². The first-order valence-corrected chi connectivity index (χ1v) is 12.4. The van der Waals surface area contributed by atoms with Crippen LogP contribution in [0.4, 0.5) is 0 Å². The number of nitrogens with zero attached hydrogens (tertiary/aromatic N) is 4. The molecule has 0 saturated carbocycles. The molecule has 0 bridgehead atoms. The van der Waals surface area contributed by atoms with Crippen LogP contribution in [0.5, 0.6) is 0 Å². The van der Waals surface area contributed by atoms with E-state index < -0.39 is 15.7 Å². The van der Waals surface area contributed by atoms with Gasteiger partial charge in [0.05, 0.1) is 24.7 Å². The maximum absolute atomic E-state index is 11.3. The van der Waals surface area contributed by atoms with Gasteiger partial charge in [0.1, 0.15) is 15.4 Å². The molecule has 0 fully saturated rings. The fourth-order valence-corrected chi connectivity index (χ4v) is 7.72. The van der Waals surface area contributed by atoms with Crippen molar-refractivity contribution >= 4 is 66.6 Å². The lowest BCUT2D eigenvalue weighted by Gasteiger charge is -2.08. The van der Waals surface area contributed by atoms with E-state index in [1.165, 1.54) is 53.1 Å². The Labute approximate surface area is 198 Å². The number of fused-ring (bicyclic) bond motifs is 2. The first kappa shape index (κ1) is 22.4. The first-order chi connectivity index (χ1) is 15.3. The molecule has 2 aromatic heterocycles. The number of nitro groups is 2. The maximum atomic E-state index is 11.3. The molecule has 4 rings (SSSR count). The van der Waals surface area contributed by atoms with Gasteiger partial charge in [0, 0.05) is 0 Å². The number of thiazole rings is 2. The summed E-state index contributed by atoms with van der Waals surface area (Å²) < 4.78 is 4.17. The lowest BCUT2D eigenvalue weighted by molar-refractivity contribution is -0.617. The molecule has 4 aromatic rings. The fraction of sp³-hybridized carbons (Fsp3) is 0.100. The Hall–Kier alpha value is -2.80. The highest BCUT2D eigenvalue weighted by atomic mass is 32.2. The number of para-hydroxylation sites is 2. The average molecular weight is 503 g/mol. The minimum Gasteiger partial charge on any atom is -0.253 e. The summed E-state index contributed by atoms with van der Waals surface area (Å²) in [5.74, 6) is -1.03. The normalized spacial score (nSPS) is 10.9. The molecule has 0 N–H and O–H groups in total. The molecule has 0 unspecified atom stereocenters. The molecule has 32 heavy (non-hydrogen) atoms. The van der Waals surface area contributed by atoms with Crippen molar-refractivity contribution in [2.45, 2.75) is 22.5 Å². The summed E-state index contributed by atoms with van der Waals surface area (Å²) in [6.45, 7) is 3.05. The summed E-state index contributed by atoms with van der Waals surface area (Å²) >= 11 is 5.66. The molecule has 0 atom stereocenters. The van der Waals surface area contributed by atoms with Gasteiger partial charge in [-0.05, 0) is 43.7 Å². The van der Waals surface area contributed by atoms with Crippen LogP contribution in [0.15, 0.2) is 78.4 Å². The summed E-state index contributed by atoms with van der Waals surface area (Å²) in [7, 11) is 0. The number of benzene rings is 2. The highest BCUT2D eigenvalue weighted by molar-refractivity contribution is 8.23. The highest BCUT2D eigenvalue weighted by Crippen LogP contribution is 2.46. The van der Waals surface area contributed by atoms with Crippen LogP contribution in [0.25, 0.3) is 20.4 Å². The van der Waals surface area contributed by atoms with Gasteiger partial charge in [0.2, 0.25) is 0 Å². The van der Waals surface area contributed by atoms with Crippen LogP contribution in [0.3, 0.4) is 0 Å². The molecule has 2 aromatic carbocycles. The predicted molar refractivity (Wildman–Crippen MR) is 130 cm³/mol. The van der Waals surface area contributed by atoms with E-state index in [9.17, 15) is 20.2 Å². The fourth-order valence-electron chi connectivity index (χ4n) is 2.78. The van der Waals surface area contributed by atoms with Crippen LogP contribution in [0.1, 0.15) is 13.8 Å². The van der Waals surface area contributed by atoms with Gasteiger partial charge in [-0.2, -0.15) is 0 Å². The molecule has 0 amide bonds. The van der Waals surface area contributed by atoms with Gasteiger partial charge in [-0.15, -0.1) is 22.7 Å². The molecule has 162 valence electrons. The Morgan fingerprint density at radius 1 is 0.781 bits per heavy atom. The standard InChI is InChI=1S/C20H14N4O4S4/c1-11(17(23(25)26)24(27)28)12(2)18(31-19-21-13-7-3-5-9-15(13)29-19)32-20-22-14-8-4-6-10-16(14)30-20/h3-10H,1-2H3. The van der Waals surface area contributed by atoms with E-state index in [1.807, 2.05) is 48.5 Å². The molecule has 12 heteroatoms. The summed E-state index contributed by atoms with van der Waals surface area (Å²) in [4.78, 5) is 30.0. The van der Waals surface area contributed by atoms with Crippen LogP contribution in [-0.2, 0) is 0 Å². The predicted octanol–water partition coefficient (Wildman–Crippen LogP) is 6.81. The van der Waals surface area contributed by atoms with Crippen molar-refractivity contribution in [1.29, 1.82) is 0 Å². The Morgan fingerprint density at radius 3 is 1.62 bits per heavy atom. The lowest BCUT2D eigenvalue weighted by atomic mass is 10.1. The van der Waals surface area contributed by atoms with Crippen LogP contribution in [0.2, 0.25) is 0 Å². The second-order valence-corrected chi connectivity index (χ2v) is 11.3. The van der Waals surface area contributed by atoms with Crippen molar-refractivity contribution in [2.24, 2.45) is 0 Å². The number of hydrogen-bond acceptors (Lipinski definition) is 10. The summed E-state index contributed by atoms with van der Waals surface area (Å²) in [6, 6.07) is 15.4. The lowest BCUT2D eigenvalue weighted by Crippen LogP contribution is -2.12. The van der Waals surface area contributed by atoms with Gasteiger partial charge in [0.15, 0.2) is 8.68 Å². The molecule has 0 saturated heterocycles. The largest absolute Gasteiger partial charge is 0.561 e. The number of allylic oxidation sites excluding steroid dienone is 2. The van der Waals surface area contributed by atoms with E-state index in [1.54, 1.807) is 6.92 Å². The van der Waals surface area contributed by atoms with Gasteiger partial charge < -0.3 is 0 Å². The molecule has 8 nitrogen and oxygen atoms in total. The second kappa shape index (κ2) is 9.36.